The van der Waals surface area contributed by atoms with E-state index in [9.17, 15) is 4.79 Å². The second kappa shape index (κ2) is 9.86. The smallest absolute Gasteiger partial charge is 0.222 e. The second-order valence-electron chi connectivity index (χ2n) is 7.22. The number of benzene rings is 2. The maximum Gasteiger partial charge on any atom is 0.222 e. The molecule has 1 aromatic heterocycles. The molecule has 0 unspecified atom stereocenters. The van der Waals surface area contributed by atoms with Crippen molar-refractivity contribution in [2.24, 2.45) is 0 Å². The predicted molar refractivity (Wildman–Crippen MR) is 119 cm³/mol. The van der Waals surface area contributed by atoms with Crippen LogP contribution in [0.5, 0.6) is 0 Å². The summed E-state index contributed by atoms with van der Waals surface area (Å²) in [6.07, 6.45) is 1.27. The van der Waals surface area contributed by atoms with Crippen LogP contribution >= 0.6 is 11.6 Å². The van der Waals surface area contributed by atoms with Gasteiger partial charge in [-0.1, -0.05) is 42.8 Å². The number of rotatable bonds is 8. The van der Waals surface area contributed by atoms with Crippen LogP contribution in [0.4, 0.5) is 0 Å². The number of pyridine rings is 1. The molecule has 0 aliphatic rings. The van der Waals surface area contributed by atoms with Gasteiger partial charge in [0.05, 0.1) is 11.2 Å². The number of hydrogen-bond acceptors (Lipinski definition) is 3. The predicted octanol–water partition coefficient (Wildman–Crippen LogP) is 5.64. The highest BCUT2D eigenvalue weighted by Gasteiger charge is 2.17. The van der Waals surface area contributed by atoms with Crippen molar-refractivity contribution in [3.8, 4) is 11.3 Å². The number of amides is 1. The maximum atomic E-state index is 12.6. The Balaban J connectivity index is 2.07. The van der Waals surface area contributed by atoms with Crippen molar-refractivity contribution in [3.05, 3.63) is 64.7 Å². The van der Waals surface area contributed by atoms with Crippen molar-refractivity contribution in [2.75, 3.05) is 20.3 Å². The minimum atomic E-state index is 0.127. The first-order valence-electron chi connectivity index (χ1n) is 9.94. The van der Waals surface area contributed by atoms with Crippen LogP contribution in [-0.4, -0.2) is 36.1 Å². The van der Waals surface area contributed by atoms with Crippen molar-refractivity contribution in [1.29, 1.82) is 0 Å². The van der Waals surface area contributed by atoms with E-state index in [4.69, 9.17) is 21.3 Å². The normalized spacial score (nSPS) is 11.0. The van der Waals surface area contributed by atoms with Crippen molar-refractivity contribution in [1.82, 2.24) is 9.88 Å². The van der Waals surface area contributed by atoms with Gasteiger partial charge in [-0.25, -0.2) is 4.98 Å². The molecule has 152 valence electrons. The third kappa shape index (κ3) is 5.34. The molecule has 4 nitrogen and oxygen atoms in total. The lowest BCUT2D eigenvalue weighted by Crippen LogP contribution is -2.31. The summed E-state index contributed by atoms with van der Waals surface area (Å²) in [4.78, 5) is 19.4. The van der Waals surface area contributed by atoms with Gasteiger partial charge in [0.25, 0.3) is 0 Å². The zero-order valence-corrected chi connectivity index (χ0v) is 18.0. The van der Waals surface area contributed by atoms with Crippen LogP contribution in [-0.2, 0) is 16.1 Å². The largest absolute Gasteiger partial charge is 0.385 e. The fourth-order valence-corrected chi connectivity index (χ4v) is 3.64. The average Bonchev–Trinajstić information content (AvgIpc) is 2.72. The Hall–Kier alpha value is -2.43. The number of ether oxygens (including phenoxy) is 1. The molecule has 0 atom stereocenters. The zero-order chi connectivity index (χ0) is 20.8. The van der Waals surface area contributed by atoms with Crippen molar-refractivity contribution < 1.29 is 9.53 Å². The molecule has 5 heteroatoms. The number of fused-ring (bicyclic) bond motifs is 1. The van der Waals surface area contributed by atoms with Crippen LogP contribution in [0.3, 0.4) is 0 Å². The monoisotopic (exact) mass is 410 g/mol. The first-order chi connectivity index (χ1) is 14.0. The molecule has 1 heterocycles. The van der Waals surface area contributed by atoms with Gasteiger partial charge in [-0.2, -0.15) is 0 Å². The highest BCUT2D eigenvalue weighted by Crippen LogP contribution is 2.29. The highest BCUT2D eigenvalue weighted by atomic mass is 35.5. The van der Waals surface area contributed by atoms with Gasteiger partial charge in [-0.3, -0.25) is 4.79 Å². The van der Waals surface area contributed by atoms with E-state index in [1.54, 1.807) is 7.11 Å². The van der Waals surface area contributed by atoms with E-state index in [1.807, 2.05) is 36.1 Å². The Morgan fingerprint density at radius 2 is 2.00 bits per heavy atom. The molecule has 3 aromatic rings. The van der Waals surface area contributed by atoms with E-state index in [0.29, 0.717) is 31.1 Å². The van der Waals surface area contributed by atoms with Gasteiger partial charge < -0.3 is 9.64 Å². The Morgan fingerprint density at radius 1 is 1.17 bits per heavy atom. The molecule has 0 aliphatic carbocycles. The van der Waals surface area contributed by atoms with E-state index in [-0.39, 0.29) is 5.91 Å². The number of carbonyl (C=O) groups excluding carboxylic acids is 1. The number of carbonyl (C=O) groups is 1. The lowest BCUT2D eigenvalue weighted by atomic mass is 10.0. The average molecular weight is 411 g/mol. The van der Waals surface area contributed by atoms with Gasteiger partial charge in [-0.15, -0.1) is 0 Å². The number of nitrogens with zero attached hydrogens (tertiary/aromatic N) is 2. The third-order valence-corrected chi connectivity index (χ3v) is 5.18. The van der Waals surface area contributed by atoms with Crippen LogP contribution in [0.1, 0.15) is 30.9 Å². The molecule has 3 rings (SSSR count). The summed E-state index contributed by atoms with van der Waals surface area (Å²) in [7, 11) is 1.68. The van der Waals surface area contributed by atoms with E-state index in [1.165, 1.54) is 0 Å². The Morgan fingerprint density at radius 3 is 2.72 bits per heavy atom. The van der Waals surface area contributed by atoms with Gasteiger partial charge in [0.15, 0.2) is 0 Å². The molecule has 0 spiro atoms. The van der Waals surface area contributed by atoms with Crippen molar-refractivity contribution in [2.45, 2.75) is 33.2 Å². The Kier molecular flexibility index (Phi) is 7.24. The minimum Gasteiger partial charge on any atom is -0.385 e. The summed E-state index contributed by atoms with van der Waals surface area (Å²) >= 11 is 6.25. The fourth-order valence-electron chi connectivity index (χ4n) is 3.45. The Bertz CT molecular complexity index is 1000. The number of hydrogen-bond donors (Lipinski definition) is 0. The molecule has 0 bridgehead atoms. The first kappa shape index (κ1) is 21.3. The van der Waals surface area contributed by atoms with Gasteiger partial charge in [0, 0.05) is 49.2 Å². The molecule has 0 saturated carbocycles. The molecule has 0 radical (unpaired) electrons. The summed E-state index contributed by atoms with van der Waals surface area (Å²) in [5.41, 5.74) is 4.94. The van der Waals surface area contributed by atoms with E-state index in [2.05, 4.69) is 31.2 Å². The van der Waals surface area contributed by atoms with Crippen molar-refractivity contribution in [3.63, 3.8) is 0 Å². The van der Waals surface area contributed by atoms with Crippen LogP contribution < -0.4 is 0 Å². The van der Waals surface area contributed by atoms with E-state index in [0.717, 1.165) is 39.7 Å². The molecule has 29 heavy (non-hydrogen) atoms. The molecule has 0 fully saturated rings. The van der Waals surface area contributed by atoms with Crippen LogP contribution in [0.15, 0.2) is 48.5 Å². The summed E-state index contributed by atoms with van der Waals surface area (Å²) < 4.78 is 5.17. The molecular weight excluding hydrogens is 384 g/mol. The summed E-state index contributed by atoms with van der Waals surface area (Å²) in [6, 6.07) is 16.1. The van der Waals surface area contributed by atoms with Gasteiger partial charge in [0.2, 0.25) is 5.91 Å². The molecule has 1 amide bonds. The lowest BCUT2D eigenvalue weighted by Gasteiger charge is -2.24. The molecule has 0 aliphatic heterocycles. The fraction of sp³-hybridized carbons (Fsp3) is 0.333. The van der Waals surface area contributed by atoms with Crippen LogP contribution in [0.25, 0.3) is 22.2 Å². The number of aryl methyl sites for hydroxylation is 1. The van der Waals surface area contributed by atoms with E-state index >= 15 is 0 Å². The van der Waals surface area contributed by atoms with Crippen LogP contribution in [0, 0.1) is 6.92 Å². The molecule has 0 saturated heterocycles. The van der Waals surface area contributed by atoms with Gasteiger partial charge in [-0.05, 0) is 48.7 Å². The third-order valence-electron chi connectivity index (χ3n) is 4.94. The quantitative estimate of drug-likeness (QED) is 0.451. The minimum absolute atomic E-state index is 0.127. The Labute approximate surface area is 177 Å². The topological polar surface area (TPSA) is 42.4 Å². The highest BCUT2D eigenvalue weighted by molar-refractivity contribution is 6.30. The molecule has 0 N–H and O–H groups in total. The zero-order valence-electron chi connectivity index (χ0n) is 17.2. The maximum absolute atomic E-state index is 12.6. The number of halogens is 1. The second-order valence-corrected chi connectivity index (χ2v) is 7.65. The summed E-state index contributed by atoms with van der Waals surface area (Å²) in [6.45, 7) is 5.75. The molecule has 2 aromatic carbocycles. The van der Waals surface area contributed by atoms with Crippen molar-refractivity contribution >= 4 is 28.4 Å². The summed E-state index contributed by atoms with van der Waals surface area (Å²) in [5.74, 6) is 0.127. The lowest BCUT2D eigenvalue weighted by molar-refractivity contribution is -0.131. The van der Waals surface area contributed by atoms with E-state index < -0.39 is 0 Å². The van der Waals surface area contributed by atoms with Gasteiger partial charge in [0.1, 0.15) is 0 Å². The number of methoxy groups -OCH3 is 1. The number of aromatic nitrogens is 1. The van der Waals surface area contributed by atoms with Crippen LogP contribution in [0.2, 0.25) is 5.02 Å². The standard InChI is InChI=1S/C24H27ClN2O2/c1-4-23(28)27(11-6-12-29-3)16-20-14-18-10-9-17(2)13-22(18)26-24(20)19-7-5-8-21(25)15-19/h5,7-10,13-15H,4,6,11-12,16H2,1-3H3. The molecular formula is C24H27ClN2O2. The SMILES string of the molecule is CCC(=O)N(CCCOC)Cc1cc2ccc(C)cc2nc1-c1cccc(Cl)c1. The van der Waals surface area contributed by atoms with Gasteiger partial charge >= 0.3 is 0 Å². The first-order valence-corrected chi connectivity index (χ1v) is 10.3. The summed E-state index contributed by atoms with van der Waals surface area (Å²) in [5, 5.41) is 1.73.